The molecule has 4 heterocycles. The molecule has 1 aliphatic heterocycles. The molecule has 38 heavy (non-hydrogen) atoms. The van der Waals surface area contributed by atoms with Gasteiger partial charge < -0.3 is 9.47 Å². The van der Waals surface area contributed by atoms with Crippen LogP contribution in [-0.2, 0) is 16.1 Å². The zero-order valence-electron chi connectivity index (χ0n) is 21.0. The van der Waals surface area contributed by atoms with Crippen LogP contribution in [0.25, 0.3) is 22.3 Å². The highest BCUT2D eigenvalue weighted by Crippen LogP contribution is 2.40. The standard InChI is InChI=1S/C28H28F3N5O2/c1-16-25(15-37-9-7-29)35-28-24(33-16)12-23(34-27(28)21-5-2-19(30)11-22(21)31)17-6-8-38-26(10-17)18-13-32-36(14-18)20-3-4-20/h2,5,11-14,17,20,26H,3-4,6-10,15H2,1H3/t17-,26+/m0/s1. The van der Waals surface area contributed by atoms with E-state index in [9.17, 15) is 13.2 Å². The van der Waals surface area contributed by atoms with Gasteiger partial charge in [0.1, 0.15) is 29.5 Å². The topological polar surface area (TPSA) is 75.0 Å². The van der Waals surface area contributed by atoms with Crippen LogP contribution in [0, 0.1) is 18.6 Å². The van der Waals surface area contributed by atoms with E-state index in [0.717, 1.165) is 36.6 Å². The van der Waals surface area contributed by atoms with Gasteiger partial charge in [0.2, 0.25) is 0 Å². The number of nitrogens with zero attached hydrogens (tertiary/aromatic N) is 5. The van der Waals surface area contributed by atoms with Gasteiger partial charge in [0, 0.05) is 41.6 Å². The van der Waals surface area contributed by atoms with Crippen molar-refractivity contribution in [1.82, 2.24) is 24.7 Å². The van der Waals surface area contributed by atoms with Crippen LogP contribution in [0.4, 0.5) is 13.2 Å². The highest BCUT2D eigenvalue weighted by molar-refractivity contribution is 5.89. The van der Waals surface area contributed by atoms with Crippen molar-refractivity contribution in [3.63, 3.8) is 0 Å². The second kappa shape index (κ2) is 10.4. The van der Waals surface area contributed by atoms with Crippen molar-refractivity contribution in [3.05, 3.63) is 70.9 Å². The molecule has 10 heteroatoms. The fourth-order valence-corrected chi connectivity index (χ4v) is 4.99. The summed E-state index contributed by atoms with van der Waals surface area (Å²) in [5, 5.41) is 4.51. The first-order valence-electron chi connectivity index (χ1n) is 12.9. The number of pyridine rings is 1. The highest BCUT2D eigenvalue weighted by atomic mass is 19.1. The maximum Gasteiger partial charge on any atom is 0.135 e. The summed E-state index contributed by atoms with van der Waals surface area (Å²) in [5.74, 6) is -1.36. The molecule has 1 aromatic carbocycles. The van der Waals surface area contributed by atoms with Crippen molar-refractivity contribution in [1.29, 1.82) is 0 Å². The van der Waals surface area contributed by atoms with Gasteiger partial charge in [0.15, 0.2) is 0 Å². The molecule has 4 aromatic rings. The smallest absolute Gasteiger partial charge is 0.135 e. The molecule has 0 spiro atoms. The molecule has 1 saturated carbocycles. The molecule has 1 aliphatic carbocycles. The van der Waals surface area contributed by atoms with Gasteiger partial charge in [0.25, 0.3) is 0 Å². The summed E-state index contributed by atoms with van der Waals surface area (Å²) in [4.78, 5) is 14.3. The SMILES string of the molecule is Cc1nc2cc([C@H]3CCO[C@@H](c4cnn(C5CC5)c4)C3)nc(-c3ccc(F)cc3F)c2nc1COCCF. The van der Waals surface area contributed by atoms with Crippen molar-refractivity contribution in [2.75, 3.05) is 19.9 Å². The summed E-state index contributed by atoms with van der Waals surface area (Å²) in [6.45, 7) is 1.77. The van der Waals surface area contributed by atoms with Crippen molar-refractivity contribution in [2.24, 2.45) is 0 Å². The van der Waals surface area contributed by atoms with Crippen LogP contribution in [0.2, 0.25) is 0 Å². The Balaban J connectivity index is 1.39. The summed E-state index contributed by atoms with van der Waals surface area (Å²) in [5.41, 5.74) is 4.33. The average molecular weight is 524 g/mol. The average Bonchev–Trinajstić information content (AvgIpc) is 3.65. The molecule has 198 valence electrons. The molecule has 0 radical (unpaired) electrons. The molecular formula is C28H28F3N5O2. The molecule has 2 fully saturated rings. The Morgan fingerprint density at radius 2 is 1.97 bits per heavy atom. The minimum absolute atomic E-state index is 0.0411. The molecule has 1 saturated heterocycles. The summed E-state index contributed by atoms with van der Waals surface area (Å²) >= 11 is 0. The van der Waals surface area contributed by atoms with Crippen molar-refractivity contribution < 1.29 is 22.6 Å². The largest absolute Gasteiger partial charge is 0.373 e. The Labute approximate surface area is 218 Å². The highest BCUT2D eigenvalue weighted by Gasteiger charge is 2.30. The Bertz CT molecular complexity index is 1470. The van der Waals surface area contributed by atoms with Crippen LogP contribution in [0.1, 0.15) is 66.4 Å². The number of benzene rings is 1. The first kappa shape index (κ1) is 24.9. The number of alkyl halides is 1. The third-order valence-electron chi connectivity index (χ3n) is 7.21. The number of fused-ring (bicyclic) bond motifs is 1. The van der Waals surface area contributed by atoms with Crippen LogP contribution >= 0.6 is 0 Å². The lowest BCUT2D eigenvalue weighted by Crippen LogP contribution is -2.19. The maximum absolute atomic E-state index is 15.0. The molecule has 0 amide bonds. The molecule has 2 atom stereocenters. The molecule has 3 aromatic heterocycles. The number of ether oxygens (including phenoxy) is 2. The predicted octanol–water partition coefficient (Wildman–Crippen LogP) is 5.93. The third-order valence-corrected chi connectivity index (χ3v) is 7.21. The van der Waals surface area contributed by atoms with E-state index < -0.39 is 18.3 Å². The van der Waals surface area contributed by atoms with Gasteiger partial charge in [-0.2, -0.15) is 5.10 Å². The minimum atomic E-state index is -0.731. The number of hydrogen-bond donors (Lipinski definition) is 0. The Morgan fingerprint density at radius 3 is 2.76 bits per heavy atom. The molecule has 0 N–H and O–H groups in total. The summed E-state index contributed by atoms with van der Waals surface area (Å²) in [6, 6.07) is 5.80. The van der Waals surface area contributed by atoms with Crippen molar-refractivity contribution >= 4 is 11.0 Å². The quantitative estimate of drug-likeness (QED) is 0.267. The zero-order chi connectivity index (χ0) is 26.2. The minimum Gasteiger partial charge on any atom is -0.373 e. The zero-order valence-corrected chi connectivity index (χ0v) is 21.0. The Morgan fingerprint density at radius 1 is 1.11 bits per heavy atom. The number of rotatable bonds is 8. The molecule has 0 unspecified atom stereocenters. The fraction of sp³-hybridized carbons (Fsp3) is 0.429. The molecular weight excluding hydrogens is 495 g/mol. The van der Waals surface area contributed by atoms with Crippen LogP contribution in [-0.4, -0.2) is 44.6 Å². The lowest BCUT2D eigenvalue weighted by Gasteiger charge is -2.29. The molecule has 7 nitrogen and oxygen atoms in total. The normalized spacial score (nSPS) is 19.8. The van der Waals surface area contributed by atoms with E-state index in [4.69, 9.17) is 24.4 Å². The maximum atomic E-state index is 15.0. The summed E-state index contributed by atoms with van der Waals surface area (Å²) < 4.78 is 54.7. The Hall–Kier alpha value is -3.37. The van der Waals surface area contributed by atoms with Crippen LogP contribution in [0.3, 0.4) is 0 Å². The van der Waals surface area contributed by atoms with E-state index in [1.807, 2.05) is 16.9 Å². The third kappa shape index (κ3) is 5.02. The van der Waals surface area contributed by atoms with Gasteiger partial charge in [0.05, 0.1) is 48.5 Å². The lowest BCUT2D eigenvalue weighted by molar-refractivity contribution is 0.00462. The second-order valence-corrected chi connectivity index (χ2v) is 9.95. The Kier molecular flexibility index (Phi) is 6.84. The van der Waals surface area contributed by atoms with Gasteiger partial charge >= 0.3 is 0 Å². The van der Waals surface area contributed by atoms with Gasteiger partial charge in [-0.3, -0.25) is 4.68 Å². The molecule has 0 bridgehead atoms. The first-order valence-corrected chi connectivity index (χ1v) is 12.9. The van der Waals surface area contributed by atoms with E-state index in [2.05, 4.69) is 11.3 Å². The van der Waals surface area contributed by atoms with Crippen molar-refractivity contribution in [3.8, 4) is 11.3 Å². The van der Waals surface area contributed by atoms with Gasteiger partial charge in [-0.15, -0.1) is 0 Å². The van der Waals surface area contributed by atoms with Gasteiger partial charge in [-0.05, 0) is 50.8 Å². The van der Waals surface area contributed by atoms with Crippen LogP contribution in [0.15, 0.2) is 36.7 Å². The van der Waals surface area contributed by atoms with Gasteiger partial charge in [-0.25, -0.2) is 28.1 Å². The number of halogens is 3. The second-order valence-electron chi connectivity index (χ2n) is 9.95. The predicted molar refractivity (Wildman–Crippen MR) is 134 cm³/mol. The fourth-order valence-electron chi connectivity index (χ4n) is 4.99. The molecule has 2 aliphatic rings. The monoisotopic (exact) mass is 523 g/mol. The van der Waals surface area contributed by atoms with Crippen molar-refractivity contribution in [2.45, 2.75) is 57.3 Å². The molecule has 6 rings (SSSR count). The van der Waals surface area contributed by atoms with E-state index >= 15 is 0 Å². The van der Waals surface area contributed by atoms with E-state index in [0.29, 0.717) is 47.2 Å². The summed E-state index contributed by atoms with van der Waals surface area (Å²) in [7, 11) is 0. The van der Waals surface area contributed by atoms with Crippen LogP contribution in [0.5, 0.6) is 0 Å². The van der Waals surface area contributed by atoms with E-state index in [1.54, 1.807) is 6.92 Å². The van der Waals surface area contributed by atoms with E-state index in [-0.39, 0.29) is 30.8 Å². The van der Waals surface area contributed by atoms with E-state index in [1.165, 1.54) is 12.1 Å². The number of aryl methyl sites for hydroxylation is 1. The lowest BCUT2D eigenvalue weighted by atomic mass is 9.89. The number of aromatic nitrogens is 5. The van der Waals surface area contributed by atoms with Gasteiger partial charge in [-0.1, -0.05) is 0 Å². The number of hydrogen-bond acceptors (Lipinski definition) is 6. The first-order chi connectivity index (χ1) is 18.5. The summed E-state index contributed by atoms with van der Waals surface area (Å²) in [6.07, 6.45) is 7.58. The van der Waals surface area contributed by atoms with Crippen LogP contribution < -0.4 is 0 Å².